The monoisotopic (exact) mass is 554 g/mol. The molecule has 0 aliphatic carbocycles. The molecule has 0 aromatic heterocycles. The van der Waals surface area contributed by atoms with Crippen molar-refractivity contribution in [2.45, 2.75) is 13.2 Å². The molecule has 0 radical (unpaired) electrons. The fourth-order valence-electron chi connectivity index (χ4n) is 3.81. The number of carbonyl (C=O) groups excluding carboxylic acids is 2. The first-order valence-electron chi connectivity index (χ1n) is 11.2. The zero-order valence-electron chi connectivity index (χ0n) is 19.8. The van der Waals surface area contributed by atoms with Crippen LogP contribution in [-0.4, -0.2) is 34.9 Å². The largest absolute Gasteiger partial charge is 0.493 e. The quantitative estimate of drug-likeness (QED) is 0.193. The summed E-state index contributed by atoms with van der Waals surface area (Å²) >= 11 is 7.16. The van der Waals surface area contributed by atoms with Crippen molar-refractivity contribution in [1.82, 2.24) is 4.90 Å². The molecule has 2 aliphatic rings. The number of nitrogens with zero attached hydrogens (tertiary/aromatic N) is 2. The highest BCUT2D eigenvalue weighted by Gasteiger charge is 2.35. The van der Waals surface area contributed by atoms with Crippen LogP contribution in [0.15, 0.2) is 59.5 Å². The summed E-state index contributed by atoms with van der Waals surface area (Å²) < 4.78 is 21.9. The minimum absolute atomic E-state index is 0.0102. The van der Waals surface area contributed by atoms with Crippen LogP contribution in [0.1, 0.15) is 16.7 Å². The molecular weight excluding hydrogens is 536 g/mol. The van der Waals surface area contributed by atoms with Crippen LogP contribution >= 0.6 is 23.4 Å². The summed E-state index contributed by atoms with van der Waals surface area (Å²) in [5, 5.41) is 10.8. The highest BCUT2D eigenvalue weighted by Crippen LogP contribution is 2.40. The van der Waals surface area contributed by atoms with Gasteiger partial charge in [0.25, 0.3) is 16.8 Å². The third kappa shape index (κ3) is 5.24. The number of fused-ring (bicyclic) bond motifs is 1. The standard InChI is InChI=1S/C26H19ClN2O8S/c1-34-20-7-4-16(8-21(20)35-13-15-2-5-18(6-3-15)29(32)33)9-24-25(30)28(26(31)38-24)12-17-10-22-23(11-19(17)27)37-14-36-22/h2-11H,12-14H2,1H3/b24-9-. The van der Waals surface area contributed by atoms with Crippen LogP contribution in [0.3, 0.4) is 0 Å². The zero-order valence-corrected chi connectivity index (χ0v) is 21.4. The second kappa shape index (κ2) is 10.6. The van der Waals surface area contributed by atoms with Crippen LogP contribution < -0.4 is 18.9 Å². The topological polar surface area (TPSA) is 117 Å². The molecule has 0 spiro atoms. The second-order valence-electron chi connectivity index (χ2n) is 8.19. The molecule has 2 heterocycles. The third-order valence-corrected chi connectivity index (χ3v) is 7.03. The van der Waals surface area contributed by atoms with E-state index >= 15 is 0 Å². The Hall–Kier alpha value is -4.22. The molecule has 1 saturated heterocycles. The van der Waals surface area contributed by atoms with E-state index < -0.39 is 16.1 Å². The number of thioether (sulfide) groups is 1. The van der Waals surface area contributed by atoms with E-state index in [1.807, 2.05) is 0 Å². The fraction of sp³-hybridized carbons (Fsp3) is 0.154. The molecule has 0 saturated carbocycles. The molecule has 3 aromatic rings. The maximum Gasteiger partial charge on any atom is 0.293 e. The van der Waals surface area contributed by atoms with E-state index in [2.05, 4.69) is 0 Å². The van der Waals surface area contributed by atoms with Crippen molar-refractivity contribution in [2.75, 3.05) is 13.9 Å². The number of amides is 2. The van der Waals surface area contributed by atoms with Crippen molar-refractivity contribution >= 4 is 46.3 Å². The Morgan fingerprint density at radius 1 is 1.08 bits per heavy atom. The number of nitro groups is 1. The first-order valence-corrected chi connectivity index (χ1v) is 12.4. The normalized spacial score (nSPS) is 15.3. The van der Waals surface area contributed by atoms with Gasteiger partial charge < -0.3 is 18.9 Å². The molecule has 12 heteroatoms. The van der Waals surface area contributed by atoms with Crippen LogP contribution in [0.5, 0.6) is 23.0 Å². The first kappa shape index (κ1) is 25.4. The number of halogens is 1. The van der Waals surface area contributed by atoms with Crippen LogP contribution in [0, 0.1) is 10.1 Å². The molecule has 1 fully saturated rings. The van der Waals surface area contributed by atoms with Crippen molar-refractivity contribution < 1.29 is 33.5 Å². The van der Waals surface area contributed by atoms with Crippen LogP contribution in [0.25, 0.3) is 6.08 Å². The molecule has 0 atom stereocenters. The summed E-state index contributed by atoms with van der Waals surface area (Å²) in [6.45, 7) is 0.217. The molecule has 38 heavy (non-hydrogen) atoms. The molecule has 0 bridgehead atoms. The minimum Gasteiger partial charge on any atom is -0.493 e. The van der Waals surface area contributed by atoms with E-state index in [1.165, 1.54) is 19.2 Å². The number of non-ortho nitro benzene ring substituents is 1. The molecule has 2 aliphatic heterocycles. The summed E-state index contributed by atoms with van der Waals surface area (Å²) in [7, 11) is 1.50. The molecule has 194 valence electrons. The average molecular weight is 555 g/mol. The number of hydrogen-bond acceptors (Lipinski definition) is 9. The Kier molecular flexibility index (Phi) is 7.12. The highest BCUT2D eigenvalue weighted by atomic mass is 35.5. The molecule has 0 N–H and O–H groups in total. The first-order chi connectivity index (χ1) is 18.3. The van der Waals surface area contributed by atoms with Gasteiger partial charge in [0.05, 0.1) is 23.5 Å². The van der Waals surface area contributed by atoms with Gasteiger partial charge in [0, 0.05) is 23.2 Å². The number of methoxy groups -OCH3 is 1. The lowest BCUT2D eigenvalue weighted by Crippen LogP contribution is -2.27. The van der Waals surface area contributed by atoms with Crippen LogP contribution in [0.2, 0.25) is 5.02 Å². The molecular formula is C26H19ClN2O8S. The van der Waals surface area contributed by atoms with Crippen molar-refractivity contribution in [2.24, 2.45) is 0 Å². The number of carbonyl (C=O) groups is 2. The number of nitro benzene ring substituents is 1. The summed E-state index contributed by atoms with van der Waals surface area (Å²) in [6, 6.07) is 14.4. The number of imide groups is 1. The number of benzene rings is 3. The van der Waals surface area contributed by atoms with Gasteiger partial charge in [0.15, 0.2) is 23.0 Å². The van der Waals surface area contributed by atoms with Crippen molar-refractivity contribution in [1.29, 1.82) is 0 Å². The van der Waals surface area contributed by atoms with Crippen molar-refractivity contribution in [3.63, 3.8) is 0 Å². The summed E-state index contributed by atoms with van der Waals surface area (Å²) in [5.41, 5.74) is 1.90. The van der Waals surface area contributed by atoms with E-state index in [-0.39, 0.29) is 30.5 Å². The predicted octanol–water partition coefficient (Wildman–Crippen LogP) is 5.80. The fourth-order valence-corrected chi connectivity index (χ4v) is 4.86. The zero-order chi connectivity index (χ0) is 26.8. The van der Waals surface area contributed by atoms with Gasteiger partial charge in [-0.25, -0.2) is 0 Å². The lowest BCUT2D eigenvalue weighted by Gasteiger charge is -2.14. The van der Waals surface area contributed by atoms with Gasteiger partial charge in [-0.15, -0.1) is 0 Å². The average Bonchev–Trinajstić information content (AvgIpc) is 3.46. The van der Waals surface area contributed by atoms with Gasteiger partial charge in [-0.2, -0.15) is 0 Å². The maximum absolute atomic E-state index is 13.1. The van der Waals surface area contributed by atoms with Crippen molar-refractivity contribution in [3.05, 3.63) is 91.3 Å². The lowest BCUT2D eigenvalue weighted by atomic mass is 10.1. The van der Waals surface area contributed by atoms with Gasteiger partial charge in [-0.05, 0) is 64.9 Å². The van der Waals surface area contributed by atoms with E-state index in [0.29, 0.717) is 39.1 Å². The van der Waals surface area contributed by atoms with E-state index in [9.17, 15) is 19.7 Å². The Labute approximate surface area is 225 Å². The third-order valence-electron chi connectivity index (χ3n) is 5.77. The Bertz CT molecular complexity index is 1470. The molecule has 2 amide bonds. The number of rotatable bonds is 8. The van der Waals surface area contributed by atoms with Crippen molar-refractivity contribution in [3.8, 4) is 23.0 Å². The maximum atomic E-state index is 13.1. The molecule has 10 nitrogen and oxygen atoms in total. The number of ether oxygens (including phenoxy) is 4. The predicted molar refractivity (Wildman–Crippen MR) is 140 cm³/mol. The summed E-state index contributed by atoms with van der Waals surface area (Å²) in [4.78, 5) is 37.5. The second-order valence-corrected chi connectivity index (χ2v) is 9.59. The molecule has 5 rings (SSSR count). The minimum atomic E-state index is -0.470. The van der Waals surface area contributed by atoms with E-state index in [1.54, 1.807) is 48.5 Å². The van der Waals surface area contributed by atoms with Crippen LogP contribution in [0.4, 0.5) is 10.5 Å². The van der Waals surface area contributed by atoms with Gasteiger partial charge in [0.1, 0.15) is 6.61 Å². The van der Waals surface area contributed by atoms with E-state index in [4.69, 9.17) is 30.5 Å². The SMILES string of the molecule is COc1ccc(/C=C2\SC(=O)N(Cc3cc4c(cc3Cl)OCO4)C2=O)cc1OCc1ccc([N+](=O)[O-])cc1. The number of hydrogen-bond donors (Lipinski definition) is 0. The molecule has 0 unspecified atom stereocenters. The van der Waals surface area contributed by atoms with Gasteiger partial charge in [0.2, 0.25) is 6.79 Å². The van der Waals surface area contributed by atoms with Gasteiger partial charge in [-0.3, -0.25) is 24.6 Å². The van der Waals surface area contributed by atoms with Crippen LogP contribution in [-0.2, 0) is 17.9 Å². The smallest absolute Gasteiger partial charge is 0.293 e. The molecule has 3 aromatic carbocycles. The Morgan fingerprint density at radius 3 is 2.53 bits per heavy atom. The lowest BCUT2D eigenvalue weighted by molar-refractivity contribution is -0.384. The van der Waals surface area contributed by atoms with Gasteiger partial charge in [-0.1, -0.05) is 17.7 Å². The summed E-state index contributed by atoms with van der Waals surface area (Å²) in [5.74, 6) is 1.45. The Morgan fingerprint density at radius 2 is 1.82 bits per heavy atom. The highest BCUT2D eigenvalue weighted by molar-refractivity contribution is 8.18. The van der Waals surface area contributed by atoms with Gasteiger partial charge >= 0.3 is 0 Å². The Balaban J connectivity index is 1.32. The van der Waals surface area contributed by atoms with E-state index in [0.717, 1.165) is 22.2 Å². The summed E-state index contributed by atoms with van der Waals surface area (Å²) in [6.07, 6.45) is 1.60.